The van der Waals surface area contributed by atoms with E-state index in [2.05, 4.69) is 31.1 Å². The van der Waals surface area contributed by atoms with Gasteiger partial charge in [0.15, 0.2) is 0 Å². The molecule has 1 heterocycles. The van der Waals surface area contributed by atoms with Crippen LogP contribution >= 0.6 is 11.3 Å². The molecule has 2 N–H and O–H groups in total. The Morgan fingerprint density at radius 1 is 1.57 bits per heavy atom. The van der Waals surface area contributed by atoms with Crippen molar-refractivity contribution >= 4 is 17.4 Å². The summed E-state index contributed by atoms with van der Waals surface area (Å²) in [6, 6.07) is 0. The third-order valence-electron chi connectivity index (χ3n) is 1.88. The first-order chi connectivity index (χ1) is 6.43. The molecule has 0 amide bonds. The Balaban J connectivity index is 2.89. The van der Waals surface area contributed by atoms with Gasteiger partial charge < -0.3 is 5.73 Å². The van der Waals surface area contributed by atoms with E-state index in [0.717, 1.165) is 11.3 Å². The highest BCUT2D eigenvalue weighted by Gasteiger charge is 2.17. The summed E-state index contributed by atoms with van der Waals surface area (Å²) in [7, 11) is 0. The fourth-order valence-corrected chi connectivity index (χ4v) is 1.87. The first-order valence-electron chi connectivity index (χ1n) is 4.76. The van der Waals surface area contributed by atoms with Gasteiger partial charge in [-0.25, -0.2) is 4.98 Å². The number of thiazole rings is 1. The van der Waals surface area contributed by atoms with E-state index in [4.69, 9.17) is 5.73 Å². The summed E-state index contributed by atoms with van der Waals surface area (Å²) >= 11 is 1.71. The molecule has 0 aromatic carbocycles. The van der Waals surface area contributed by atoms with Crippen molar-refractivity contribution < 1.29 is 0 Å². The van der Waals surface area contributed by atoms with Gasteiger partial charge in [-0.2, -0.15) is 0 Å². The van der Waals surface area contributed by atoms with Gasteiger partial charge in [0, 0.05) is 17.3 Å². The molecule has 0 aliphatic carbocycles. The number of hydrogen-bond acceptors (Lipinski definition) is 3. The summed E-state index contributed by atoms with van der Waals surface area (Å²) in [5, 5.41) is 3.26. The van der Waals surface area contributed by atoms with Crippen molar-refractivity contribution in [1.82, 2.24) is 4.98 Å². The Kier molecular flexibility index (Phi) is 3.45. The third kappa shape index (κ3) is 2.93. The normalized spacial score (nSPS) is 13.4. The minimum absolute atomic E-state index is 0.146. The molecule has 14 heavy (non-hydrogen) atoms. The standard InChI is InChI=1S/C11H18N2S/c1-8(6-12)5-9-7-14-10(13-9)11(2,3)4/h5,7H,6,12H2,1-4H3/b8-5+. The van der Waals surface area contributed by atoms with Gasteiger partial charge in [-0.1, -0.05) is 26.3 Å². The fourth-order valence-electron chi connectivity index (χ4n) is 1.01. The van der Waals surface area contributed by atoms with E-state index in [1.807, 2.05) is 13.0 Å². The maximum atomic E-state index is 5.52. The van der Waals surface area contributed by atoms with Crippen LogP contribution in [0.15, 0.2) is 11.0 Å². The van der Waals surface area contributed by atoms with E-state index in [1.54, 1.807) is 11.3 Å². The Morgan fingerprint density at radius 3 is 2.64 bits per heavy atom. The molecule has 0 spiro atoms. The number of aromatic nitrogens is 1. The molecule has 0 fully saturated rings. The van der Waals surface area contributed by atoms with Crippen molar-refractivity contribution in [2.75, 3.05) is 6.54 Å². The summed E-state index contributed by atoms with van der Waals surface area (Å²) in [6.45, 7) is 9.15. The van der Waals surface area contributed by atoms with Gasteiger partial charge in [-0.3, -0.25) is 0 Å². The van der Waals surface area contributed by atoms with Crippen molar-refractivity contribution in [1.29, 1.82) is 0 Å². The van der Waals surface area contributed by atoms with Crippen molar-refractivity contribution in [2.45, 2.75) is 33.1 Å². The van der Waals surface area contributed by atoms with Crippen LogP contribution in [0.1, 0.15) is 38.4 Å². The monoisotopic (exact) mass is 210 g/mol. The molecule has 78 valence electrons. The van der Waals surface area contributed by atoms with Crippen LogP contribution in [0, 0.1) is 0 Å². The first-order valence-corrected chi connectivity index (χ1v) is 5.64. The maximum Gasteiger partial charge on any atom is 0.0985 e. The molecule has 0 radical (unpaired) electrons. The fraction of sp³-hybridized carbons (Fsp3) is 0.545. The van der Waals surface area contributed by atoms with Crippen LogP contribution in [0.4, 0.5) is 0 Å². The van der Waals surface area contributed by atoms with Crippen LogP contribution in [0.3, 0.4) is 0 Å². The second-order valence-corrected chi connectivity index (χ2v) is 5.38. The number of rotatable bonds is 2. The Morgan fingerprint density at radius 2 is 2.21 bits per heavy atom. The minimum Gasteiger partial charge on any atom is -0.327 e. The van der Waals surface area contributed by atoms with Crippen molar-refractivity contribution in [2.24, 2.45) is 5.73 Å². The minimum atomic E-state index is 0.146. The Hall–Kier alpha value is -0.670. The molecule has 0 aliphatic rings. The summed E-state index contributed by atoms with van der Waals surface area (Å²) in [5.41, 5.74) is 7.86. The SMILES string of the molecule is C/C(=C\c1csc(C(C)(C)C)n1)CN. The van der Waals surface area contributed by atoms with E-state index in [0.29, 0.717) is 6.54 Å². The third-order valence-corrected chi connectivity index (χ3v) is 3.17. The zero-order valence-electron chi connectivity index (χ0n) is 9.29. The van der Waals surface area contributed by atoms with Crippen LogP contribution in [0.5, 0.6) is 0 Å². The molecule has 1 rings (SSSR count). The molecule has 0 unspecified atom stereocenters. The van der Waals surface area contributed by atoms with Gasteiger partial charge >= 0.3 is 0 Å². The van der Waals surface area contributed by atoms with E-state index in [-0.39, 0.29) is 5.41 Å². The molecule has 0 saturated carbocycles. The Labute approximate surface area is 89.9 Å². The van der Waals surface area contributed by atoms with Crippen molar-refractivity contribution in [3.63, 3.8) is 0 Å². The lowest BCUT2D eigenvalue weighted by molar-refractivity contribution is 0.585. The van der Waals surface area contributed by atoms with Gasteiger partial charge in [0.25, 0.3) is 0 Å². The second kappa shape index (κ2) is 4.24. The van der Waals surface area contributed by atoms with E-state index < -0.39 is 0 Å². The predicted molar refractivity (Wildman–Crippen MR) is 63.5 cm³/mol. The van der Waals surface area contributed by atoms with Crippen LogP contribution < -0.4 is 5.73 Å². The molecule has 0 atom stereocenters. The largest absolute Gasteiger partial charge is 0.327 e. The zero-order valence-corrected chi connectivity index (χ0v) is 10.1. The van der Waals surface area contributed by atoms with Crippen molar-refractivity contribution in [3.8, 4) is 0 Å². The van der Waals surface area contributed by atoms with Crippen LogP contribution in [0.25, 0.3) is 6.08 Å². The van der Waals surface area contributed by atoms with Gasteiger partial charge in [-0.05, 0) is 13.0 Å². The van der Waals surface area contributed by atoms with Gasteiger partial charge in [-0.15, -0.1) is 11.3 Å². The lowest BCUT2D eigenvalue weighted by atomic mass is 9.98. The topological polar surface area (TPSA) is 38.9 Å². The van der Waals surface area contributed by atoms with Crippen molar-refractivity contribution in [3.05, 3.63) is 21.7 Å². The lowest BCUT2D eigenvalue weighted by Gasteiger charge is -2.13. The molecule has 0 aliphatic heterocycles. The zero-order chi connectivity index (χ0) is 10.8. The van der Waals surface area contributed by atoms with E-state index in [9.17, 15) is 0 Å². The first kappa shape index (κ1) is 11.4. The molecule has 0 bridgehead atoms. The molecular formula is C11H18N2S. The van der Waals surface area contributed by atoms with Crippen LogP contribution in [0.2, 0.25) is 0 Å². The summed E-state index contributed by atoms with van der Waals surface area (Å²) in [5.74, 6) is 0. The number of hydrogen-bond donors (Lipinski definition) is 1. The molecule has 0 saturated heterocycles. The highest BCUT2D eigenvalue weighted by atomic mass is 32.1. The molecular weight excluding hydrogens is 192 g/mol. The summed E-state index contributed by atoms with van der Waals surface area (Å²) < 4.78 is 0. The van der Waals surface area contributed by atoms with Gasteiger partial charge in [0.05, 0.1) is 10.7 Å². The lowest BCUT2D eigenvalue weighted by Crippen LogP contribution is -2.10. The highest BCUT2D eigenvalue weighted by Crippen LogP contribution is 2.26. The van der Waals surface area contributed by atoms with Gasteiger partial charge in [0.1, 0.15) is 0 Å². The molecule has 1 aromatic rings. The van der Waals surface area contributed by atoms with E-state index in [1.165, 1.54) is 5.01 Å². The predicted octanol–water partition coefficient (Wildman–Crippen LogP) is 2.80. The van der Waals surface area contributed by atoms with E-state index >= 15 is 0 Å². The molecule has 1 aromatic heterocycles. The quantitative estimate of drug-likeness (QED) is 0.815. The summed E-state index contributed by atoms with van der Waals surface area (Å²) in [4.78, 5) is 4.56. The highest BCUT2D eigenvalue weighted by molar-refractivity contribution is 7.09. The van der Waals surface area contributed by atoms with Crippen LogP contribution in [-0.2, 0) is 5.41 Å². The van der Waals surface area contributed by atoms with Gasteiger partial charge in [0.2, 0.25) is 0 Å². The second-order valence-electron chi connectivity index (χ2n) is 4.52. The number of nitrogens with two attached hydrogens (primary N) is 1. The Bertz CT molecular complexity index is 331. The average molecular weight is 210 g/mol. The van der Waals surface area contributed by atoms with Crippen LogP contribution in [-0.4, -0.2) is 11.5 Å². The maximum absolute atomic E-state index is 5.52. The average Bonchev–Trinajstić information content (AvgIpc) is 2.51. The summed E-state index contributed by atoms with van der Waals surface area (Å²) in [6.07, 6.45) is 2.05. The smallest absolute Gasteiger partial charge is 0.0985 e. The number of nitrogens with zero attached hydrogens (tertiary/aromatic N) is 1. The molecule has 3 heteroatoms. The molecule has 2 nitrogen and oxygen atoms in total.